The van der Waals surface area contributed by atoms with Gasteiger partial charge in [0.15, 0.2) is 11.2 Å². The third-order valence-corrected chi connectivity index (χ3v) is 3.68. The minimum absolute atomic E-state index is 0.410. The Hall–Kier alpha value is -3.16. The van der Waals surface area contributed by atoms with Gasteiger partial charge in [0.25, 0.3) is 6.01 Å². The summed E-state index contributed by atoms with van der Waals surface area (Å²) in [5.74, 6) is 0.410. The van der Waals surface area contributed by atoms with Crippen molar-refractivity contribution in [2.75, 3.05) is 24.7 Å². The molecule has 8 heteroatoms. The molecule has 0 aliphatic rings. The molecule has 0 saturated carbocycles. The smallest absolute Gasteiger partial charge is 0.297 e. The van der Waals surface area contributed by atoms with Crippen molar-refractivity contribution >= 4 is 34.0 Å². The van der Waals surface area contributed by atoms with E-state index < -0.39 is 0 Å². The molecule has 2 N–H and O–H groups in total. The van der Waals surface area contributed by atoms with Gasteiger partial charge in [0, 0.05) is 26.7 Å². The van der Waals surface area contributed by atoms with Gasteiger partial charge in [-0.15, -0.1) is 0 Å². The SMILES string of the molecule is CC.CN(C)c1nc2cc(-c3nn(C)c4ncnc(N)c34)ccc2o1. The molecule has 130 valence electrons. The van der Waals surface area contributed by atoms with Gasteiger partial charge in [-0.2, -0.15) is 10.1 Å². The van der Waals surface area contributed by atoms with Gasteiger partial charge in [-0.1, -0.05) is 13.8 Å². The molecular formula is C17H21N7O. The van der Waals surface area contributed by atoms with E-state index in [0.717, 1.165) is 27.7 Å². The van der Waals surface area contributed by atoms with E-state index in [1.165, 1.54) is 6.33 Å². The highest BCUT2D eigenvalue weighted by Gasteiger charge is 2.17. The van der Waals surface area contributed by atoms with Crippen molar-refractivity contribution in [1.29, 1.82) is 0 Å². The summed E-state index contributed by atoms with van der Waals surface area (Å²) in [5.41, 5.74) is 9.83. The number of anilines is 2. The highest BCUT2D eigenvalue weighted by atomic mass is 16.4. The summed E-state index contributed by atoms with van der Waals surface area (Å²) in [6.07, 6.45) is 1.44. The Labute approximate surface area is 145 Å². The lowest BCUT2D eigenvalue weighted by Gasteiger charge is -2.03. The van der Waals surface area contributed by atoms with E-state index in [0.29, 0.717) is 17.5 Å². The summed E-state index contributed by atoms with van der Waals surface area (Å²) in [5, 5.41) is 5.28. The zero-order valence-electron chi connectivity index (χ0n) is 15.0. The van der Waals surface area contributed by atoms with Crippen LogP contribution in [0.1, 0.15) is 13.8 Å². The number of aryl methyl sites for hydroxylation is 1. The third-order valence-electron chi connectivity index (χ3n) is 3.68. The number of aromatic nitrogens is 5. The molecule has 0 amide bonds. The van der Waals surface area contributed by atoms with Gasteiger partial charge in [0.2, 0.25) is 0 Å². The maximum Gasteiger partial charge on any atom is 0.297 e. The van der Waals surface area contributed by atoms with Gasteiger partial charge < -0.3 is 15.1 Å². The summed E-state index contributed by atoms with van der Waals surface area (Å²) in [4.78, 5) is 14.6. The number of benzene rings is 1. The standard InChI is InChI=1S/C15H15N7O.C2H6/c1-21(2)15-19-9-6-8(4-5-10(9)23-15)12-11-13(16)17-7-18-14(11)22(3)20-12;1-2/h4-7H,1-3H3,(H2,16,17,18);1-2H3. The van der Waals surface area contributed by atoms with E-state index in [9.17, 15) is 0 Å². The number of nitrogens with two attached hydrogens (primary N) is 1. The minimum Gasteiger partial charge on any atom is -0.423 e. The highest BCUT2D eigenvalue weighted by Crippen LogP contribution is 2.32. The molecule has 25 heavy (non-hydrogen) atoms. The molecule has 0 aliphatic heterocycles. The topological polar surface area (TPSA) is 98.9 Å². The predicted octanol–water partition coefficient (Wildman–Crippen LogP) is 2.85. The lowest BCUT2D eigenvalue weighted by Crippen LogP contribution is -2.08. The van der Waals surface area contributed by atoms with Gasteiger partial charge in [0.1, 0.15) is 23.4 Å². The Morgan fingerprint density at radius 2 is 1.92 bits per heavy atom. The molecule has 3 heterocycles. The predicted molar refractivity (Wildman–Crippen MR) is 99.4 cm³/mol. The van der Waals surface area contributed by atoms with Gasteiger partial charge in [0.05, 0.1) is 5.39 Å². The van der Waals surface area contributed by atoms with Gasteiger partial charge in [-0.25, -0.2) is 14.6 Å². The first-order valence-electron chi connectivity index (χ1n) is 8.06. The zero-order valence-corrected chi connectivity index (χ0v) is 15.0. The van der Waals surface area contributed by atoms with Crippen LogP contribution in [0, 0.1) is 0 Å². The molecule has 0 bridgehead atoms. The van der Waals surface area contributed by atoms with Crippen LogP contribution >= 0.6 is 0 Å². The van der Waals surface area contributed by atoms with Crippen molar-refractivity contribution in [2.45, 2.75) is 13.8 Å². The average Bonchev–Trinajstić information content (AvgIpc) is 3.18. The second-order valence-corrected chi connectivity index (χ2v) is 5.50. The number of hydrogen-bond acceptors (Lipinski definition) is 7. The fourth-order valence-electron chi connectivity index (χ4n) is 2.57. The number of nitrogens with zero attached hydrogens (tertiary/aromatic N) is 6. The van der Waals surface area contributed by atoms with E-state index in [4.69, 9.17) is 10.2 Å². The number of fused-ring (bicyclic) bond motifs is 2. The monoisotopic (exact) mass is 339 g/mol. The molecule has 0 spiro atoms. The minimum atomic E-state index is 0.410. The lowest BCUT2D eigenvalue weighted by atomic mass is 10.1. The second-order valence-electron chi connectivity index (χ2n) is 5.50. The summed E-state index contributed by atoms with van der Waals surface area (Å²) >= 11 is 0. The number of nitrogen functional groups attached to an aromatic ring is 1. The maximum absolute atomic E-state index is 6.02. The molecular weight excluding hydrogens is 318 g/mol. The molecule has 0 fully saturated rings. The van der Waals surface area contributed by atoms with E-state index >= 15 is 0 Å². The van der Waals surface area contributed by atoms with Gasteiger partial charge in [-0.3, -0.25) is 0 Å². The molecule has 4 aromatic rings. The molecule has 0 atom stereocenters. The molecule has 0 aliphatic carbocycles. The second kappa shape index (κ2) is 6.39. The van der Waals surface area contributed by atoms with E-state index in [2.05, 4.69) is 20.1 Å². The van der Waals surface area contributed by atoms with Crippen LogP contribution in [0.4, 0.5) is 11.8 Å². The highest BCUT2D eigenvalue weighted by molar-refractivity contribution is 5.99. The van der Waals surface area contributed by atoms with Crippen LogP contribution in [0.2, 0.25) is 0 Å². The fourth-order valence-corrected chi connectivity index (χ4v) is 2.57. The third kappa shape index (κ3) is 2.75. The van der Waals surface area contributed by atoms with Gasteiger partial charge in [-0.05, 0) is 18.2 Å². The van der Waals surface area contributed by atoms with Crippen molar-refractivity contribution in [1.82, 2.24) is 24.7 Å². The number of hydrogen-bond donors (Lipinski definition) is 1. The molecule has 0 radical (unpaired) electrons. The zero-order chi connectivity index (χ0) is 18.1. The summed E-state index contributed by atoms with van der Waals surface area (Å²) < 4.78 is 7.37. The van der Waals surface area contributed by atoms with Crippen molar-refractivity contribution in [2.24, 2.45) is 7.05 Å². The van der Waals surface area contributed by atoms with Crippen LogP contribution in [0.15, 0.2) is 28.9 Å². The Kier molecular flexibility index (Phi) is 4.26. The largest absolute Gasteiger partial charge is 0.423 e. The lowest BCUT2D eigenvalue weighted by molar-refractivity contribution is 0.597. The first-order valence-corrected chi connectivity index (χ1v) is 8.06. The molecule has 0 saturated heterocycles. The van der Waals surface area contributed by atoms with Crippen LogP contribution in [0.5, 0.6) is 0 Å². The van der Waals surface area contributed by atoms with Crippen LogP contribution in [-0.4, -0.2) is 38.8 Å². The van der Waals surface area contributed by atoms with Crippen LogP contribution in [0.3, 0.4) is 0 Å². The maximum atomic E-state index is 6.02. The average molecular weight is 339 g/mol. The van der Waals surface area contributed by atoms with Gasteiger partial charge >= 0.3 is 0 Å². The van der Waals surface area contributed by atoms with Crippen LogP contribution < -0.4 is 10.6 Å². The first-order chi connectivity index (χ1) is 12.0. The summed E-state index contributed by atoms with van der Waals surface area (Å²) in [6, 6.07) is 6.30. The Bertz CT molecular complexity index is 1030. The van der Waals surface area contributed by atoms with Crippen molar-refractivity contribution in [3.63, 3.8) is 0 Å². The van der Waals surface area contributed by atoms with Crippen LogP contribution in [-0.2, 0) is 7.05 Å². The van der Waals surface area contributed by atoms with Crippen molar-refractivity contribution in [3.8, 4) is 11.3 Å². The van der Waals surface area contributed by atoms with E-state index in [1.807, 2.05) is 58.1 Å². The number of oxazole rings is 1. The van der Waals surface area contributed by atoms with Crippen molar-refractivity contribution in [3.05, 3.63) is 24.5 Å². The molecule has 3 aromatic heterocycles. The summed E-state index contributed by atoms with van der Waals surface area (Å²) in [6.45, 7) is 4.00. The number of rotatable bonds is 2. The fraction of sp³-hybridized carbons (Fsp3) is 0.294. The van der Waals surface area contributed by atoms with E-state index in [1.54, 1.807) is 4.68 Å². The Morgan fingerprint density at radius 3 is 2.64 bits per heavy atom. The normalized spacial score (nSPS) is 10.8. The van der Waals surface area contributed by atoms with Crippen LogP contribution in [0.25, 0.3) is 33.4 Å². The molecule has 8 nitrogen and oxygen atoms in total. The quantitative estimate of drug-likeness (QED) is 0.599. The van der Waals surface area contributed by atoms with Crippen molar-refractivity contribution < 1.29 is 4.42 Å². The summed E-state index contributed by atoms with van der Waals surface area (Å²) in [7, 11) is 5.60. The first kappa shape index (κ1) is 16.7. The molecule has 4 rings (SSSR count). The Balaban J connectivity index is 0.000000880. The van der Waals surface area contributed by atoms with E-state index in [-0.39, 0.29) is 0 Å². The Morgan fingerprint density at radius 1 is 1.16 bits per heavy atom. The molecule has 1 aromatic carbocycles. The molecule has 0 unspecified atom stereocenters.